The number of oxime groups is 1. The minimum Gasteiger partial charge on any atom is -0.482 e. The summed E-state index contributed by atoms with van der Waals surface area (Å²) in [4.78, 5) is 20.8. The summed E-state index contributed by atoms with van der Waals surface area (Å²) in [5.74, 6) is -0.321. The molecule has 3 rings (SSSR count). The molecule has 31 heavy (non-hydrogen) atoms. The van der Waals surface area contributed by atoms with Crippen LogP contribution in [0.1, 0.15) is 62.1 Å². The van der Waals surface area contributed by atoms with Crippen LogP contribution in [0, 0.1) is 0 Å². The van der Waals surface area contributed by atoms with E-state index in [-0.39, 0.29) is 6.61 Å². The molecule has 0 aliphatic heterocycles. The van der Waals surface area contributed by atoms with Gasteiger partial charge in [0.15, 0.2) is 6.61 Å². The van der Waals surface area contributed by atoms with Gasteiger partial charge in [0.25, 0.3) is 0 Å². The summed E-state index contributed by atoms with van der Waals surface area (Å²) in [6.07, 6.45) is 12.5. The normalized spacial score (nSPS) is 13.3. The van der Waals surface area contributed by atoms with Gasteiger partial charge >= 0.3 is 5.97 Å². The number of carbonyl (C=O) groups is 1. The van der Waals surface area contributed by atoms with E-state index in [0.29, 0.717) is 12.4 Å². The first kappa shape index (κ1) is 22.5. The molecule has 0 atom stereocenters. The molecule has 0 saturated carbocycles. The lowest BCUT2D eigenvalue weighted by molar-refractivity contribution is -0.139. The van der Waals surface area contributed by atoms with Gasteiger partial charge in [-0.25, -0.2) is 4.79 Å². The first-order chi connectivity index (χ1) is 15.2. The SMILES string of the molecule is CCCCCC(=NOCCC1=CCCc2c(OCC(=O)O)cccc21)c1cccnc1. The molecular weight excluding hydrogens is 392 g/mol. The van der Waals surface area contributed by atoms with E-state index in [4.69, 9.17) is 14.7 Å². The number of pyridine rings is 1. The van der Waals surface area contributed by atoms with Gasteiger partial charge < -0.3 is 14.7 Å². The van der Waals surface area contributed by atoms with Crippen molar-refractivity contribution in [1.29, 1.82) is 0 Å². The number of carboxylic acid groups (broad SMARTS) is 1. The van der Waals surface area contributed by atoms with Crippen molar-refractivity contribution >= 4 is 17.3 Å². The van der Waals surface area contributed by atoms with Crippen LogP contribution >= 0.6 is 0 Å². The highest BCUT2D eigenvalue weighted by molar-refractivity contribution is 5.99. The highest BCUT2D eigenvalue weighted by atomic mass is 16.6. The highest BCUT2D eigenvalue weighted by Gasteiger charge is 2.17. The zero-order valence-electron chi connectivity index (χ0n) is 18.0. The van der Waals surface area contributed by atoms with Crippen molar-refractivity contribution in [3.05, 3.63) is 65.5 Å². The maximum absolute atomic E-state index is 10.9. The van der Waals surface area contributed by atoms with Gasteiger partial charge in [0, 0.05) is 29.9 Å². The third kappa shape index (κ3) is 6.67. The van der Waals surface area contributed by atoms with Gasteiger partial charge in [-0.2, -0.15) is 0 Å². The summed E-state index contributed by atoms with van der Waals surface area (Å²) in [5, 5.41) is 13.3. The molecule has 1 heterocycles. The monoisotopic (exact) mass is 422 g/mol. The lowest BCUT2D eigenvalue weighted by Crippen LogP contribution is -2.12. The van der Waals surface area contributed by atoms with Crippen LogP contribution in [-0.4, -0.2) is 35.0 Å². The van der Waals surface area contributed by atoms with Crippen LogP contribution in [0.4, 0.5) is 0 Å². The Morgan fingerprint density at radius 2 is 2.13 bits per heavy atom. The Morgan fingerprint density at radius 1 is 1.23 bits per heavy atom. The third-order valence-corrected chi connectivity index (χ3v) is 5.26. The van der Waals surface area contributed by atoms with Crippen LogP contribution < -0.4 is 4.74 Å². The van der Waals surface area contributed by atoms with E-state index in [9.17, 15) is 4.79 Å². The topological polar surface area (TPSA) is 81.0 Å². The molecular formula is C25H30N2O4. The minimum atomic E-state index is -0.973. The van der Waals surface area contributed by atoms with Crippen molar-refractivity contribution in [3.8, 4) is 5.75 Å². The van der Waals surface area contributed by atoms with Crippen molar-refractivity contribution in [1.82, 2.24) is 4.98 Å². The van der Waals surface area contributed by atoms with E-state index in [1.54, 1.807) is 6.20 Å². The van der Waals surface area contributed by atoms with E-state index in [0.717, 1.165) is 67.3 Å². The number of hydrogen-bond donors (Lipinski definition) is 1. The molecule has 0 radical (unpaired) electrons. The Balaban J connectivity index is 1.63. The molecule has 0 unspecified atom stereocenters. The number of hydrogen-bond acceptors (Lipinski definition) is 5. The molecule has 164 valence electrons. The van der Waals surface area contributed by atoms with Crippen LogP contribution in [0.5, 0.6) is 5.75 Å². The van der Waals surface area contributed by atoms with Gasteiger partial charge in [-0.1, -0.05) is 43.1 Å². The van der Waals surface area contributed by atoms with Gasteiger partial charge in [0.1, 0.15) is 12.4 Å². The van der Waals surface area contributed by atoms with Crippen LogP contribution in [0.3, 0.4) is 0 Å². The Labute approximate surface area is 183 Å². The number of carboxylic acids is 1. The predicted octanol–water partition coefficient (Wildman–Crippen LogP) is 5.27. The summed E-state index contributed by atoms with van der Waals surface area (Å²) < 4.78 is 5.48. The minimum absolute atomic E-state index is 0.331. The van der Waals surface area contributed by atoms with Gasteiger partial charge in [0.05, 0.1) is 5.71 Å². The number of fused-ring (bicyclic) bond motifs is 1. The van der Waals surface area contributed by atoms with E-state index < -0.39 is 5.97 Å². The standard InChI is InChI=1S/C25H30N2O4/c1-2-3-4-12-23(20-9-7-15-26-17-20)27-31-16-14-19-8-5-11-22-21(19)10-6-13-24(22)30-18-25(28)29/h6-10,13,15,17H,2-5,11-12,14,16,18H2,1H3,(H,28,29). The van der Waals surface area contributed by atoms with Gasteiger partial charge in [-0.3, -0.25) is 4.98 Å². The Hall–Kier alpha value is -3.15. The van der Waals surface area contributed by atoms with Gasteiger partial charge in [-0.05, 0) is 55.0 Å². The number of allylic oxidation sites excluding steroid dienone is 1. The summed E-state index contributed by atoms with van der Waals surface area (Å²) in [6.45, 7) is 2.33. The average molecular weight is 423 g/mol. The number of aromatic nitrogens is 1. The van der Waals surface area contributed by atoms with Crippen LogP contribution in [-0.2, 0) is 16.1 Å². The molecule has 0 bridgehead atoms. The van der Waals surface area contributed by atoms with Crippen molar-refractivity contribution in [2.45, 2.75) is 51.9 Å². The maximum atomic E-state index is 10.9. The Morgan fingerprint density at radius 3 is 2.90 bits per heavy atom. The Kier molecular flexibility index (Phi) is 8.64. The maximum Gasteiger partial charge on any atom is 0.341 e. The average Bonchev–Trinajstić information content (AvgIpc) is 2.80. The molecule has 0 saturated heterocycles. The number of unbranched alkanes of at least 4 members (excludes halogenated alkanes) is 2. The van der Waals surface area contributed by atoms with Gasteiger partial charge in [0.2, 0.25) is 0 Å². The second-order valence-corrected chi connectivity index (χ2v) is 7.55. The largest absolute Gasteiger partial charge is 0.482 e. The second kappa shape index (κ2) is 11.9. The summed E-state index contributed by atoms with van der Waals surface area (Å²) >= 11 is 0. The first-order valence-electron chi connectivity index (χ1n) is 10.9. The Bertz CT molecular complexity index is 922. The van der Waals surface area contributed by atoms with Crippen molar-refractivity contribution in [3.63, 3.8) is 0 Å². The summed E-state index contributed by atoms with van der Waals surface area (Å²) in [6, 6.07) is 9.73. The van der Waals surface area contributed by atoms with Crippen LogP contribution in [0.25, 0.3) is 5.57 Å². The highest BCUT2D eigenvalue weighted by Crippen LogP contribution is 2.34. The zero-order valence-corrected chi connectivity index (χ0v) is 18.0. The molecule has 1 aromatic carbocycles. The smallest absolute Gasteiger partial charge is 0.341 e. The van der Waals surface area contributed by atoms with Crippen molar-refractivity contribution in [2.24, 2.45) is 5.16 Å². The van der Waals surface area contributed by atoms with Crippen LogP contribution in [0.2, 0.25) is 0 Å². The predicted molar refractivity (Wildman–Crippen MR) is 121 cm³/mol. The van der Waals surface area contributed by atoms with E-state index in [1.807, 2.05) is 30.5 Å². The van der Waals surface area contributed by atoms with E-state index in [1.165, 1.54) is 5.57 Å². The fourth-order valence-corrected chi connectivity index (χ4v) is 3.73. The number of aliphatic carboxylic acids is 1. The number of ether oxygens (including phenoxy) is 1. The quantitative estimate of drug-likeness (QED) is 0.286. The molecule has 0 spiro atoms. The first-order valence-corrected chi connectivity index (χ1v) is 10.9. The lowest BCUT2D eigenvalue weighted by Gasteiger charge is -2.20. The summed E-state index contributed by atoms with van der Waals surface area (Å²) in [7, 11) is 0. The molecule has 1 aliphatic carbocycles. The van der Waals surface area contributed by atoms with Crippen molar-refractivity contribution in [2.75, 3.05) is 13.2 Å². The molecule has 1 aromatic heterocycles. The number of rotatable bonds is 12. The lowest BCUT2D eigenvalue weighted by atomic mass is 9.89. The number of nitrogens with zero attached hydrogens (tertiary/aromatic N) is 2. The molecule has 6 nitrogen and oxygen atoms in total. The zero-order chi connectivity index (χ0) is 21.9. The fourth-order valence-electron chi connectivity index (χ4n) is 3.73. The third-order valence-electron chi connectivity index (χ3n) is 5.26. The molecule has 1 aliphatic rings. The number of benzene rings is 1. The molecule has 1 N–H and O–H groups in total. The second-order valence-electron chi connectivity index (χ2n) is 7.55. The molecule has 6 heteroatoms. The molecule has 2 aromatic rings. The van der Waals surface area contributed by atoms with E-state index >= 15 is 0 Å². The summed E-state index contributed by atoms with van der Waals surface area (Å²) in [5.41, 5.74) is 5.30. The molecule has 0 amide bonds. The van der Waals surface area contributed by atoms with Gasteiger partial charge in [-0.15, -0.1) is 0 Å². The fraction of sp³-hybridized carbons (Fsp3) is 0.400. The van der Waals surface area contributed by atoms with E-state index in [2.05, 4.69) is 29.2 Å². The van der Waals surface area contributed by atoms with Crippen molar-refractivity contribution < 1.29 is 19.5 Å². The van der Waals surface area contributed by atoms with Crippen LogP contribution in [0.15, 0.2) is 54.0 Å². The molecule has 0 fully saturated rings.